The van der Waals surface area contributed by atoms with Gasteiger partial charge in [-0.05, 0) is 18.2 Å². The van der Waals surface area contributed by atoms with Crippen molar-refractivity contribution in [2.24, 2.45) is 0 Å². The summed E-state index contributed by atoms with van der Waals surface area (Å²) >= 11 is 1.65. The molecule has 0 saturated heterocycles. The van der Waals surface area contributed by atoms with Crippen molar-refractivity contribution in [1.82, 2.24) is 0 Å². The SMILES string of the molecule is COC(=O)CCSCc1cc(C#CCCO)ccc1OC. The topological polar surface area (TPSA) is 55.8 Å². The van der Waals surface area contributed by atoms with Gasteiger partial charge in [-0.15, -0.1) is 0 Å². The van der Waals surface area contributed by atoms with Crippen molar-refractivity contribution in [3.05, 3.63) is 29.3 Å². The standard InChI is InChI=1S/C16H20O4S/c1-19-15-7-6-13(5-3-4-9-17)11-14(15)12-21-10-8-16(18)20-2/h6-7,11,17H,4,8-10,12H2,1-2H3. The molecule has 0 aromatic heterocycles. The van der Waals surface area contributed by atoms with Gasteiger partial charge >= 0.3 is 5.97 Å². The number of aliphatic hydroxyl groups excluding tert-OH is 1. The van der Waals surface area contributed by atoms with Crippen molar-refractivity contribution in [1.29, 1.82) is 0 Å². The largest absolute Gasteiger partial charge is 0.496 e. The van der Waals surface area contributed by atoms with Gasteiger partial charge in [0.2, 0.25) is 0 Å². The normalized spacial score (nSPS) is 9.67. The van der Waals surface area contributed by atoms with Gasteiger partial charge in [-0.2, -0.15) is 11.8 Å². The maximum absolute atomic E-state index is 11.0. The Morgan fingerprint density at radius 2 is 2.19 bits per heavy atom. The summed E-state index contributed by atoms with van der Waals surface area (Å²) in [6, 6.07) is 5.76. The zero-order chi connectivity index (χ0) is 15.5. The Morgan fingerprint density at radius 1 is 1.38 bits per heavy atom. The number of benzene rings is 1. The molecule has 0 spiro atoms. The Bertz CT molecular complexity index is 517. The van der Waals surface area contributed by atoms with Gasteiger partial charge in [0.1, 0.15) is 5.75 Å². The second kappa shape index (κ2) is 10.1. The van der Waals surface area contributed by atoms with Crippen LogP contribution in [0.1, 0.15) is 24.0 Å². The van der Waals surface area contributed by atoms with Crippen LogP contribution in [0.25, 0.3) is 0 Å². The third-order valence-electron chi connectivity index (χ3n) is 2.69. The molecule has 0 fully saturated rings. The number of rotatable bonds is 7. The predicted octanol–water partition coefficient (Wildman–Crippen LogP) is 2.23. The summed E-state index contributed by atoms with van der Waals surface area (Å²) in [5.41, 5.74) is 1.94. The van der Waals surface area contributed by atoms with Crippen LogP contribution in [0.15, 0.2) is 18.2 Å². The zero-order valence-electron chi connectivity index (χ0n) is 12.3. The number of hydrogen-bond donors (Lipinski definition) is 1. The van der Waals surface area contributed by atoms with E-state index in [1.54, 1.807) is 18.9 Å². The fraction of sp³-hybridized carbons (Fsp3) is 0.438. The molecule has 0 unspecified atom stereocenters. The number of esters is 1. The van der Waals surface area contributed by atoms with E-state index in [0.29, 0.717) is 18.6 Å². The van der Waals surface area contributed by atoms with Gasteiger partial charge in [0.25, 0.3) is 0 Å². The first-order chi connectivity index (χ1) is 10.2. The molecule has 0 radical (unpaired) electrons. The Hall–Kier alpha value is -1.64. The molecule has 1 N–H and O–H groups in total. The van der Waals surface area contributed by atoms with E-state index in [9.17, 15) is 4.79 Å². The molecule has 0 aliphatic rings. The van der Waals surface area contributed by atoms with Gasteiger partial charge in [0.05, 0.1) is 27.2 Å². The monoisotopic (exact) mass is 308 g/mol. The maximum Gasteiger partial charge on any atom is 0.306 e. The van der Waals surface area contributed by atoms with Crippen molar-refractivity contribution < 1.29 is 19.4 Å². The average molecular weight is 308 g/mol. The second-order valence-corrected chi connectivity index (χ2v) is 5.29. The van der Waals surface area contributed by atoms with Crippen molar-refractivity contribution in [3.63, 3.8) is 0 Å². The molecule has 4 nitrogen and oxygen atoms in total. The summed E-state index contributed by atoms with van der Waals surface area (Å²) in [6.07, 6.45) is 0.870. The molecule has 0 atom stereocenters. The summed E-state index contributed by atoms with van der Waals surface area (Å²) in [6.45, 7) is 0.0688. The van der Waals surface area contributed by atoms with Crippen LogP contribution in [-0.2, 0) is 15.3 Å². The van der Waals surface area contributed by atoms with Gasteiger partial charge in [-0.25, -0.2) is 0 Å². The minimum atomic E-state index is -0.196. The lowest BCUT2D eigenvalue weighted by molar-refractivity contribution is -0.140. The highest BCUT2D eigenvalue weighted by molar-refractivity contribution is 7.98. The predicted molar refractivity (Wildman–Crippen MR) is 84.4 cm³/mol. The van der Waals surface area contributed by atoms with Crippen molar-refractivity contribution in [3.8, 4) is 17.6 Å². The second-order valence-electron chi connectivity index (χ2n) is 4.18. The van der Waals surface area contributed by atoms with Crippen LogP contribution in [0, 0.1) is 11.8 Å². The Morgan fingerprint density at radius 3 is 2.86 bits per heavy atom. The summed E-state index contributed by atoms with van der Waals surface area (Å²) < 4.78 is 9.94. The first kappa shape index (κ1) is 17.4. The minimum Gasteiger partial charge on any atom is -0.496 e. The highest BCUT2D eigenvalue weighted by Crippen LogP contribution is 2.24. The number of ether oxygens (including phenoxy) is 2. The number of thioether (sulfide) groups is 1. The molecule has 1 rings (SSSR count). The lowest BCUT2D eigenvalue weighted by atomic mass is 10.1. The Kier molecular flexibility index (Phi) is 8.41. The third-order valence-corrected chi connectivity index (χ3v) is 3.69. The van der Waals surface area contributed by atoms with Crippen LogP contribution in [0.2, 0.25) is 0 Å². The molecule has 0 amide bonds. The van der Waals surface area contributed by atoms with Gasteiger partial charge in [0.15, 0.2) is 0 Å². The third kappa shape index (κ3) is 6.56. The Labute approximate surface area is 129 Å². The van der Waals surface area contributed by atoms with E-state index in [1.807, 2.05) is 18.2 Å². The average Bonchev–Trinajstić information content (AvgIpc) is 2.51. The quantitative estimate of drug-likeness (QED) is 0.475. The first-order valence-electron chi connectivity index (χ1n) is 6.62. The van der Waals surface area contributed by atoms with Gasteiger partial charge in [-0.3, -0.25) is 4.79 Å². The fourth-order valence-corrected chi connectivity index (χ4v) is 2.53. The number of aliphatic hydroxyl groups is 1. The van der Waals surface area contributed by atoms with E-state index < -0.39 is 0 Å². The fourth-order valence-electron chi connectivity index (χ4n) is 1.63. The van der Waals surface area contributed by atoms with Crippen LogP contribution in [0.5, 0.6) is 5.75 Å². The molecule has 114 valence electrons. The zero-order valence-corrected chi connectivity index (χ0v) is 13.2. The molecular weight excluding hydrogens is 288 g/mol. The smallest absolute Gasteiger partial charge is 0.306 e. The van der Waals surface area contributed by atoms with Crippen LogP contribution in [0.4, 0.5) is 0 Å². The van der Waals surface area contributed by atoms with Gasteiger partial charge in [-0.1, -0.05) is 11.8 Å². The van der Waals surface area contributed by atoms with E-state index >= 15 is 0 Å². The maximum atomic E-state index is 11.0. The van der Waals surface area contributed by atoms with Crippen molar-refractivity contribution in [2.75, 3.05) is 26.6 Å². The number of carbonyl (C=O) groups excluding carboxylic acids is 1. The van der Waals surface area contributed by atoms with E-state index in [2.05, 4.69) is 16.6 Å². The van der Waals surface area contributed by atoms with Crippen molar-refractivity contribution in [2.45, 2.75) is 18.6 Å². The van der Waals surface area contributed by atoms with E-state index in [4.69, 9.17) is 9.84 Å². The summed E-state index contributed by atoms with van der Waals surface area (Å²) in [4.78, 5) is 11.0. The first-order valence-corrected chi connectivity index (χ1v) is 7.78. The van der Waals surface area contributed by atoms with Crippen LogP contribution >= 0.6 is 11.8 Å². The molecule has 0 aliphatic heterocycles. The summed E-state index contributed by atoms with van der Waals surface area (Å²) in [5.74, 6) is 7.97. The minimum absolute atomic E-state index is 0.0688. The van der Waals surface area contributed by atoms with Crippen molar-refractivity contribution >= 4 is 17.7 Å². The molecule has 0 aliphatic carbocycles. The number of carbonyl (C=O) groups is 1. The Balaban J connectivity index is 2.64. The number of methoxy groups -OCH3 is 2. The van der Waals surface area contributed by atoms with Crippen LogP contribution in [-0.4, -0.2) is 37.7 Å². The molecule has 0 heterocycles. The molecule has 0 saturated carbocycles. The molecule has 5 heteroatoms. The number of hydrogen-bond acceptors (Lipinski definition) is 5. The highest BCUT2D eigenvalue weighted by Gasteiger charge is 2.05. The lowest BCUT2D eigenvalue weighted by Gasteiger charge is -2.08. The molecule has 0 bridgehead atoms. The summed E-state index contributed by atoms with van der Waals surface area (Å²) in [5, 5.41) is 8.73. The molecule has 1 aromatic carbocycles. The van der Waals surface area contributed by atoms with Crippen LogP contribution in [0.3, 0.4) is 0 Å². The summed E-state index contributed by atoms with van der Waals surface area (Å²) in [7, 11) is 3.03. The molecular formula is C16H20O4S. The molecule has 1 aromatic rings. The molecule has 21 heavy (non-hydrogen) atoms. The lowest BCUT2D eigenvalue weighted by Crippen LogP contribution is -2.01. The van der Waals surface area contributed by atoms with E-state index in [-0.39, 0.29) is 12.6 Å². The van der Waals surface area contributed by atoms with E-state index in [1.165, 1.54) is 7.11 Å². The van der Waals surface area contributed by atoms with E-state index in [0.717, 1.165) is 22.6 Å². The van der Waals surface area contributed by atoms with Gasteiger partial charge in [0, 0.05) is 29.1 Å². The van der Waals surface area contributed by atoms with Crippen LogP contribution < -0.4 is 4.74 Å². The highest BCUT2D eigenvalue weighted by atomic mass is 32.2. The van der Waals surface area contributed by atoms with Gasteiger partial charge < -0.3 is 14.6 Å².